The molecular weight excluding hydrogens is 488 g/mol. The molecule has 0 saturated carbocycles. The highest BCUT2D eigenvalue weighted by Crippen LogP contribution is 2.23. The van der Waals surface area contributed by atoms with Crippen LogP contribution >= 0.6 is 47.2 Å². The highest BCUT2D eigenvalue weighted by Gasteiger charge is 2.05. The monoisotopic (exact) mass is 509 g/mol. The molecule has 0 atom stereocenters. The van der Waals surface area contributed by atoms with Crippen molar-refractivity contribution in [1.82, 2.24) is 10.6 Å². The highest BCUT2D eigenvalue weighted by molar-refractivity contribution is 14.0. The number of hydrogen-bond acceptors (Lipinski definition) is 3. The van der Waals surface area contributed by atoms with Crippen LogP contribution in [0.2, 0.25) is 10.0 Å². The van der Waals surface area contributed by atoms with Gasteiger partial charge in [-0.3, -0.25) is 4.99 Å². The quantitative estimate of drug-likeness (QED) is 0.309. The Kier molecular flexibility index (Phi) is 9.90. The molecule has 3 N–H and O–H groups in total. The summed E-state index contributed by atoms with van der Waals surface area (Å²) >= 11 is 12.1. The van der Waals surface area contributed by atoms with Crippen LogP contribution in [0.3, 0.4) is 0 Å². The second kappa shape index (κ2) is 11.4. The lowest BCUT2D eigenvalue weighted by atomic mass is 10.1. The molecule has 0 aliphatic carbocycles. The number of ether oxygens (including phenoxy) is 1. The number of rotatable bonds is 6. The van der Waals surface area contributed by atoms with Gasteiger partial charge in [-0.15, -0.1) is 24.0 Å². The average molecular weight is 510 g/mol. The Morgan fingerprint density at radius 3 is 2.46 bits per heavy atom. The predicted molar refractivity (Wildman–Crippen MR) is 118 cm³/mol. The van der Waals surface area contributed by atoms with E-state index >= 15 is 0 Å². The van der Waals surface area contributed by atoms with Gasteiger partial charge in [-0.1, -0.05) is 35.3 Å². The van der Waals surface area contributed by atoms with Gasteiger partial charge in [0, 0.05) is 36.2 Å². The summed E-state index contributed by atoms with van der Waals surface area (Å²) < 4.78 is 5.08. The van der Waals surface area contributed by atoms with E-state index in [9.17, 15) is 5.11 Å². The van der Waals surface area contributed by atoms with Crippen molar-refractivity contribution in [2.45, 2.75) is 13.0 Å². The molecule has 0 bridgehead atoms. The van der Waals surface area contributed by atoms with Crippen LogP contribution in [0.1, 0.15) is 11.1 Å². The minimum Gasteiger partial charge on any atom is -0.508 e. The third-order valence-corrected chi connectivity index (χ3v) is 4.25. The van der Waals surface area contributed by atoms with Crippen LogP contribution in [0, 0.1) is 0 Å². The van der Waals surface area contributed by atoms with Crippen molar-refractivity contribution in [3.05, 3.63) is 57.6 Å². The molecule has 0 amide bonds. The summed E-state index contributed by atoms with van der Waals surface area (Å²) in [6, 6.07) is 10.7. The van der Waals surface area contributed by atoms with Crippen LogP contribution < -0.4 is 15.4 Å². The van der Waals surface area contributed by atoms with E-state index in [1.165, 1.54) is 0 Å². The van der Waals surface area contributed by atoms with Gasteiger partial charge in [0.15, 0.2) is 5.96 Å². The molecule has 0 aliphatic heterocycles. The zero-order chi connectivity index (χ0) is 18.2. The van der Waals surface area contributed by atoms with Crippen LogP contribution in [-0.2, 0) is 13.0 Å². The molecular formula is C18H22Cl2IN3O2. The highest BCUT2D eigenvalue weighted by atomic mass is 127. The topological polar surface area (TPSA) is 65.9 Å². The van der Waals surface area contributed by atoms with Gasteiger partial charge in [0.2, 0.25) is 0 Å². The van der Waals surface area contributed by atoms with E-state index in [0.29, 0.717) is 41.3 Å². The first kappa shape index (κ1) is 22.7. The minimum atomic E-state index is 0. The molecule has 0 spiro atoms. The smallest absolute Gasteiger partial charge is 0.191 e. The molecule has 0 aliphatic rings. The number of aliphatic imine (C=N–C) groups is 1. The summed E-state index contributed by atoms with van der Waals surface area (Å²) in [4.78, 5) is 4.17. The molecule has 0 radical (unpaired) electrons. The molecule has 0 heterocycles. The van der Waals surface area contributed by atoms with Crippen molar-refractivity contribution in [3.8, 4) is 11.5 Å². The van der Waals surface area contributed by atoms with Crippen molar-refractivity contribution in [2.75, 3.05) is 20.7 Å². The van der Waals surface area contributed by atoms with E-state index in [-0.39, 0.29) is 29.7 Å². The molecule has 0 aromatic heterocycles. The van der Waals surface area contributed by atoms with E-state index in [2.05, 4.69) is 15.6 Å². The lowest BCUT2D eigenvalue weighted by molar-refractivity contribution is 0.406. The van der Waals surface area contributed by atoms with Gasteiger partial charge < -0.3 is 20.5 Å². The molecule has 0 fully saturated rings. The summed E-state index contributed by atoms with van der Waals surface area (Å²) in [5.41, 5.74) is 1.77. The maximum absolute atomic E-state index is 9.97. The Morgan fingerprint density at radius 1 is 1.12 bits per heavy atom. The Labute approximate surface area is 180 Å². The summed E-state index contributed by atoms with van der Waals surface area (Å²) in [5, 5.41) is 17.6. The molecule has 2 rings (SSSR count). The fourth-order valence-electron chi connectivity index (χ4n) is 2.26. The number of nitrogens with one attached hydrogen (secondary N) is 2. The second-order valence-corrected chi connectivity index (χ2v) is 6.18. The largest absolute Gasteiger partial charge is 0.508 e. The molecule has 8 heteroatoms. The Morgan fingerprint density at radius 2 is 1.85 bits per heavy atom. The maximum Gasteiger partial charge on any atom is 0.191 e. The molecule has 5 nitrogen and oxygen atoms in total. The fourth-order valence-corrected chi connectivity index (χ4v) is 2.74. The number of nitrogens with zero attached hydrogens (tertiary/aromatic N) is 1. The van der Waals surface area contributed by atoms with E-state index in [0.717, 1.165) is 11.1 Å². The molecule has 142 valence electrons. The average Bonchev–Trinajstić information content (AvgIpc) is 2.60. The molecule has 2 aromatic rings. The number of halogens is 3. The van der Waals surface area contributed by atoms with Gasteiger partial charge in [-0.2, -0.15) is 0 Å². The molecule has 0 unspecified atom stereocenters. The Hall–Kier alpha value is -1.38. The van der Waals surface area contributed by atoms with E-state index in [1.807, 2.05) is 18.2 Å². The number of aromatic hydroxyl groups is 1. The van der Waals surface area contributed by atoms with Gasteiger partial charge in [0.25, 0.3) is 0 Å². The predicted octanol–water partition coefficient (Wildman–Crippen LogP) is 4.23. The number of phenolic OH excluding ortho intramolecular Hbond substituents is 1. The standard InChI is InChI=1S/C18H21Cl2N3O2.HI/c1-21-18(23-11-13-3-5-14(19)9-16(13)20)22-8-7-12-4-6-15(25-2)10-17(12)24;/h3-6,9-10,24H,7-8,11H2,1-2H3,(H2,21,22,23);1H. The van der Waals surface area contributed by atoms with Crippen LogP contribution in [0.5, 0.6) is 11.5 Å². The van der Waals surface area contributed by atoms with Gasteiger partial charge in [-0.25, -0.2) is 0 Å². The summed E-state index contributed by atoms with van der Waals surface area (Å²) in [5.74, 6) is 1.50. The third-order valence-electron chi connectivity index (χ3n) is 3.66. The number of guanidine groups is 1. The lowest BCUT2D eigenvalue weighted by Gasteiger charge is -2.13. The number of phenols is 1. The number of benzene rings is 2. The van der Waals surface area contributed by atoms with Crippen LogP contribution in [0.4, 0.5) is 0 Å². The lowest BCUT2D eigenvalue weighted by Crippen LogP contribution is -2.37. The van der Waals surface area contributed by atoms with Crippen molar-refractivity contribution in [2.24, 2.45) is 4.99 Å². The SMILES string of the molecule is CN=C(NCCc1ccc(OC)cc1O)NCc1ccc(Cl)cc1Cl.I. The Bertz CT molecular complexity index is 757. The van der Waals surface area contributed by atoms with Crippen molar-refractivity contribution >= 4 is 53.1 Å². The van der Waals surface area contributed by atoms with Crippen LogP contribution in [0.15, 0.2) is 41.4 Å². The van der Waals surface area contributed by atoms with Crippen molar-refractivity contribution in [1.29, 1.82) is 0 Å². The second-order valence-electron chi connectivity index (χ2n) is 5.33. The van der Waals surface area contributed by atoms with Crippen molar-refractivity contribution < 1.29 is 9.84 Å². The Balaban J connectivity index is 0.00000338. The zero-order valence-corrected chi connectivity index (χ0v) is 18.4. The first-order valence-corrected chi connectivity index (χ1v) is 8.53. The van der Waals surface area contributed by atoms with Gasteiger partial charge in [0.05, 0.1) is 7.11 Å². The molecule has 26 heavy (non-hydrogen) atoms. The van der Waals surface area contributed by atoms with Crippen molar-refractivity contribution in [3.63, 3.8) is 0 Å². The minimum absolute atomic E-state index is 0. The first-order valence-electron chi connectivity index (χ1n) is 7.78. The fraction of sp³-hybridized carbons (Fsp3) is 0.278. The number of hydrogen-bond donors (Lipinski definition) is 3. The zero-order valence-electron chi connectivity index (χ0n) is 14.6. The first-order chi connectivity index (χ1) is 12.0. The number of methoxy groups -OCH3 is 1. The van der Waals surface area contributed by atoms with Gasteiger partial charge in [-0.05, 0) is 35.7 Å². The van der Waals surface area contributed by atoms with E-state index in [4.69, 9.17) is 27.9 Å². The maximum atomic E-state index is 9.97. The van der Waals surface area contributed by atoms with E-state index < -0.39 is 0 Å². The van der Waals surface area contributed by atoms with Crippen LogP contribution in [-0.4, -0.2) is 31.8 Å². The summed E-state index contributed by atoms with van der Waals surface area (Å²) in [7, 11) is 3.27. The van der Waals surface area contributed by atoms with Gasteiger partial charge >= 0.3 is 0 Å². The third kappa shape index (κ3) is 6.74. The summed E-state index contributed by atoms with van der Waals surface area (Å²) in [6.45, 7) is 1.15. The normalized spacial score (nSPS) is 10.8. The van der Waals surface area contributed by atoms with Gasteiger partial charge in [0.1, 0.15) is 11.5 Å². The van der Waals surface area contributed by atoms with Crippen LogP contribution in [0.25, 0.3) is 0 Å². The molecule has 0 saturated heterocycles. The molecule has 2 aromatic carbocycles. The van der Waals surface area contributed by atoms with E-state index in [1.54, 1.807) is 32.4 Å². The summed E-state index contributed by atoms with van der Waals surface area (Å²) in [6.07, 6.45) is 0.651.